The SMILES string of the molecule is O=C(O)C1CN(C(=O)OCC2c3ccccc3-c3ccccc32)Cc2[nH]ncc21. The highest BCUT2D eigenvalue weighted by Crippen LogP contribution is 2.44. The number of H-pyrrole nitrogens is 1. The third-order valence-corrected chi connectivity index (χ3v) is 5.77. The average Bonchev–Trinajstić information content (AvgIpc) is 3.34. The van der Waals surface area contributed by atoms with Crippen molar-refractivity contribution >= 4 is 12.1 Å². The van der Waals surface area contributed by atoms with Crippen LogP contribution in [0.1, 0.15) is 34.2 Å². The number of fused-ring (bicyclic) bond motifs is 4. The van der Waals surface area contributed by atoms with E-state index in [0.29, 0.717) is 11.3 Å². The number of carboxylic acid groups (broad SMARTS) is 1. The molecular formula is C22H19N3O4. The summed E-state index contributed by atoms with van der Waals surface area (Å²) >= 11 is 0. The summed E-state index contributed by atoms with van der Waals surface area (Å²) in [6.45, 7) is 0.533. The molecular weight excluding hydrogens is 370 g/mol. The lowest BCUT2D eigenvalue weighted by Gasteiger charge is -2.30. The molecule has 1 unspecified atom stereocenters. The van der Waals surface area contributed by atoms with Gasteiger partial charge < -0.3 is 14.7 Å². The number of ether oxygens (including phenoxy) is 1. The molecule has 1 amide bonds. The van der Waals surface area contributed by atoms with Gasteiger partial charge in [0.1, 0.15) is 12.5 Å². The van der Waals surface area contributed by atoms with Gasteiger partial charge >= 0.3 is 12.1 Å². The highest BCUT2D eigenvalue weighted by Gasteiger charge is 2.35. The molecule has 1 aliphatic heterocycles. The van der Waals surface area contributed by atoms with Crippen LogP contribution in [-0.4, -0.2) is 45.4 Å². The van der Waals surface area contributed by atoms with Crippen LogP contribution in [-0.2, 0) is 16.1 Å². The van der Waals surface area contributed by atoms with Crippen LogP contribution in [0.15, 0.2) is 54.7 Å². The lowest BCUT2D eigenvalue weighted by molar-refractivity contribution is -0.139. The summed E-state index contributed by atoms with van der Waals surface area (Å²) in [4.78, 5) is 25.8. The summed E-state index contributed by atoms with van der Waals surface area (Å²) < 4.78 is 5.66. The molecule has 2 aromatic carbocycles. The van der Waals surface area contributed by atoms with Gasteiger partial charge in [0.15, 0.2) is 0 Å². The van der Waals surface area contributed by atoms with E-state index in [4.69, 9.17) is 4.74 Å². The van der Waals surface area contributed by atoms with E-state index < -0.39 is 18.0 Å². The number of hydrogen-bond acceptors (Lipinski definition) is 4. The Kier molecular flexibility index (Phi) is 4.08. The van der Waals surface area contributed by atoms with Gasteiger partial charge in [0.25, 0.3) is 0 Å². The normalized spacial score (nSPS) is 17.4. The van der Waals surface area contributed by atoms with Crippen LogP contribution in [0.3, 0.4) is 0 Å². The summed E-state index contributed by atoms with van der Waals surface area (Å²) in [6.07, 6.45) is 1.00. The zero-order chi connectivity index (χ0) is 20.0. The highest BCUT2D eigenvalue weighted by molar-refractivity contribution is 5.80. The summed E-state index contributed by atoms with van der Waals surface area (Å²) in [6, 6.07) is 16.3. The van der Waals surface area contributed by atoms with Crippen LogP contribution in [0.25, 0.3) is 11.1 Å². The number of benzene rings is 2. The molecule has 1 aromatic heterocycles. The van der Waals surface area contributed by atoms with Crippen molar-refractivity contribution in [1.82, 2.24) is 15.1 Å². The monoisotopic (exact) mass is 389 g/mol. The number of hydrogen-bond donors (Lipinski definition) is 2. The maximum Gasteiger partial charge on any atom is 0.410 e. The first-order valence-corrected chi connectivity index (χ1v) is 9.48. The van der Waals surface area contributed by atoms with Gasteiger partial charge in [-0.25, -0.2) is 4.79 Å². The first-order valence-electron chi connectivity index (χ1n) is 9.48. The second kappa shape index (κ2) is 6.77. The predicted octanol–water partition coefficient (Wildman–Crippen LogP) is 3.34. The number of aromatic amines is 1. The molecule has 146 valence electrons. The van der Waals surface area contributed by atoms with Crippen molar-refractivity contribution in [2.75, 3.05) is 13.2 Å². The average molecular weight is 389 g/mol. The number of nitrogens with zero attached hydrogens (tertiary/aromatic N) is 2. The number of nitrogens with one attached hydrogen (secondary N) is 1. The quantitative estimate of drug-likeness (QED) is 0.716. The van der Waals surface area contributed by atoms with Gasteiger partial charge in [-0.3, -0.25) is 9.89 Å². The molecule has 7 heteroatoms. The van der Waals surface area contributed by atoms with Gasteiger partial charge in [0.05, 0.1) is 18.4 Å². The molecule has 1 aliphatic carbocycles. The van der Waals surface area contributed by atoms with Crippen molar-refractivity contribution in [2.45, 2.75) is 18.4 Å². The van der Waals surface area contributed by atoms with Crippen molar-refractivity contribution in [3.05, 3.63) is 77.1 Å². The predicted molar refractivity (Wildman–Crippen MR) is 104 cm³/mol. The van der Waals surface area contributed by atoms with Gasteiger partial charge in [-0.1, -0.05) is 48.5 Å². The molecule has 0 radical (unpaired) electrons. The van der Waals surface area contributed by atoms with Gasteiger partial charge in [0.2, 0.25) is 0 Å². The van der Waals surface area contributed by atoms with Crippen LogP contribution in [0.5, 0.6) is 0 Å². The van der Waals surface area contributed by atoms with Crippen molar-refractivity contribution in [2.24, 2.45) is 0 Å². The molecule has 1 atom stereocenters. The Labute approximate surface area is 166 Å². The van der Waals surface area contributed by atoms with E-state index in [2.05, 4.69) is 34.5 Å². The fourth-order valence-electron chi connectivity index (χ4n) is 4.36. The minimum Gasteiger partial charge on any atom is -0.481 e. The number of aliphatic carboxylic acids is 1. The van der Waals surface area contributed by atoms with Crippen LogP contribution in [0, 0.1) is 0 Å². The molecule has 2 N–H and O–H groups in total. The third kappa shape index (κ3) is 2.86. The van der Waals surface area contributed by atoms with Gasteiger partial charge in [-0.2, -0.15) is 5.10 Å². The Balaban J connectivity index is 1.35. The molecule has 2 aliphatic rings. The smallest absolute Gasteiger partial charge is 0.410 e. The zero-order valence-corrected chi connectivity index (χ0v) is 15.5. The first-order chi connectivity index (χ1) is 14.1. The lowest BCUT2D eigenvalue weighted by Crippen LogP contribution is -2.41. The summed E-state index contributed by atoms with van der Waals surface area (Å²) in [7, 11) is 0. The van der Waals surface area contributed by atoms with Crippen LogP contribution in [0.4, 0.5) is 4.79 Å². The van der Waals surface area contributed by atoms with E-state index >= 15 is 0 Å². The molecule has 5 rings (SSSR count). The molecule has 0 saturated heterocycles. The van der Waals surface area contributed by atoms with E-state index in [1.54, 1.807) is 0 Å². The molecule has 7 nitrogen and oxygen atoms in total. The van der Waals surface area contributed by atoms with E-state index in [-0.39, 0.29) is 25.6 Å². The maximum absolute atomic E-state index is 12.8. The second-order valence-electron chi connectivity index (χ2n) is 7.38. The van der Waals surface area contributed by atoms with E-state index in [0.717, 1.165) is 22.3 Å². The van der Waals surface area contributed by atoms with Crippen LogP contribution >= 0.6 is 0 Å². The summed E-state index contributed by atoms with van der Waals surface area (Å²) in [5.41, 5.74) is 5.86. The topological polar surface area (TPSA) is 95.5 Å². The maximum atomic E-state index is 12.8. The molecule has 3 aromatic rings. The Hall–Kier alpha value is -3.61. The minimum atomic E-state index is -0.983. The number of amides is 1. The van der Waals surface area contributed by atoms with E-state index in [1.165, 1.54) is 11.1 Å². The molecule has 0 bridgehead atoms. The van der Waals surface area contributed by atoms with Crippen LogP contribution < -0.4 is 0 Å². The van der Waals surface area contributed by atoms with Crippen molar-refractivity contribution in [3.63, 3.8) is 0 Å². The number of aromatic nitrogens is 2. The lowest BCUT2D eigenvalue weighted by atomic mass is 9.95. The number of carbonyl (C=O) groups is 2. The first kappa shape index (κ1) is 17.5. The van der Waals surface area contributed by atoms with Crippen LogP contribution in [0.2, 0.25) is 0 Å². The Morgan fingerprint density at radius 2 is 1.72 bits per heavy atom. The number of carboxylic acids is 1. The summed E-state index contributed by atoms with van der Waals surface area (Å²) in [5.74, 6) is -1.82. The van der Waals surface area contributed by atoms with Gasteiger partial charge in [0, 0.05) is 18.0 Å². The molecule has 0 fully saturated rings. The largest absolute Gasteiger partial charge is 0.481 e. The molecule has 0 saturated carbocycles. The standard InChI is InChI=1S/C22H19N3O4/c26-21(27)18-10-25(11-20-17(18)9-23-24-20)22(28)29-12-19-15-7-3-1-5-13(15)14-6-2-4-8-16(14)19/h1-9,18-19H,10-12H2,(H,23,24)(H,26,27). The molecule has 29 heavy (non-hydrogen) atoms. The molecule has 2 heterocycles. The fraction of sp³-hybridized carbons (Fsp3) is 0.227. The van der Waals surface area contributed by atoms with E-state index in [1.807, 2.05) is 24.3 Å². The Morgan fingerprint density at radius 3 is 2.38 bits per heavy atom. The van der Waals surface area contributed by atoms with Crippen molar-refractivity contribution in [1.29, 1.82) is 0 Å². The number of carbonyl (C=O) groups excluding carboxylic acids is 1. The number of rotatable bonds is 3. The Morgan fingerprint density at radius 1 is 1.07 bits per heavy atom. The van der Waals surface area contributed by atoms with Crippen molar-refractivity contribution in [3.8, 4) is 11.1 Å². The highest BCUT2D eigenvalue weighted by atomic mass is 16.6. The van der Waals surface area contributed by atoms with Gasteiger partial charge in [-0.05, 0) is 22.3 Å². The van der Waals surface area contributed by atoms with Crippen molar-refractivity contribution < 1.29 is 19.4 Å². The zero-order valence-electron chi connectivity index (χ0n) is 15.5. The van der Waals surface area contributed by atoms with E-state index in [9.17, 15) is 14.7 Å². The third-order valence-electron chi connectivity index (χ3n) is 5.77. The summed E-state index contributed by atoms with van der Waals surface area (Å²) in [5, 5.41) is 16.2. The fourth-order valence-corrected chi connectivity index (χ4v) is 4.36. The van der Waals surface area contributed by atoms with Gasteiger partial charge in [-0.15, -0.1) is 0 Å². The minimum absolute atomic E-state index is 0.0332. The second-order valence-corrected chi connectivity index (χ2v) is 7.38. The molecule has 0 spiro atoms. The Bertz CT molecular complexity index is 1060.